The predicted molar refractivity (Wildman–Crippen MR) is 74.4 cm³/mol. The second-order valence-corrected chi connectivity index (χ2v) is 6.53. The van der Waals surface area contributed by atoms with E-state index in [1.807, 2.05) is 0 Å². The third-order valence-corrected chi connectivity index (χ3v) is 5.11. The van der Waals surface area contributed by atoms with Crippen molar-refractivity contribution in [3.63, 3.8) is 0 Å². The zero-order valence-corrected chi connectivity index (χ0v) is 12.1. The Labute approximate surface area is 123 Å². The lowest BCUT2D eigenvalue weighted by Gasteiger charge is -2.21. The molecule has 1 aromatic carbocycles. The van der Waals surface area contributed by atoms with Crippen molar-refractivity contribution >= 4 is 10.0 Å². The molecule has 1 saturated carbocycles. The first kappa shape index (κ1) is 15.9. The van der Waals surface area contributed by atoms with Crippen LogP contribution in [0.1, 0.15) is 18.4 Å². The lowest BCUT2D eigenvalue weighted by molar-refractivity contribution is 0.250. The lowest BCUT2D eigenvalue weighted by atomic mass is 10.2. The van der Waals surface area contributed by atoms with Gasteiger partial charge >= 0.3 is 0 Å². The monoisotopic (exact) mass is 313 g/mol. The average molecular weight is 313 g/mol. The van der Waals surface area contributed by atoms with Crippen LogP contribution in [0.2, 0.25) is 0 Å². The van der Waals surface area contributed by atoms with E-state index in [4.69, 9.17) is 10.2 Å². The van der Waals surface area contributed by atoms with Gasteiger partial charge < -0.3 is 10.2 Å². The quantitative estimate of drug-likeness (QED) is 0.767. The van der Waals surface area contributed by atoms with E-state index in [1.54, 1.807) is 0 Å². The van der Waals surface area contributed by atoms with Gasteiger partial charge in [0.15, 0.2) is 0 Å². The highest BCUT2D eigenvalue weighted by molar-refractivity contribution is 7.89. The Morgan fingerprint density at radius 2 is 2.05 bits per heavy atom. The number of hydrogen-bond acceptors (Lipinski definition) is 4. The SMILES string of the molecule is O=S(=O)(c1ccc(F)cc1C#CCO)N(CCO)C1CC1. The molecule has 0 bridgehead atoms. The molecule has 1 aromatic rings. The number of rotatable bonds is 5. The van der Waals surface area contributed by atoms with Crippen LogP contribution in [0.5, 0.6) is 0 Å². The maximum Gasteiger partial charge on any atom is 0.244 e. The van der Waals surface area contributed by atoms with Crippen molar-refractivity contribution in [3.8, 4) is 11.8 Å². The van der Waals surface area contributed by atoms with Gasteiger partial charge in [0, 0.05) is 18.2 Å². The van der Waals surface area contributed by atoms with Crippen LogP contribution in [-0.2, 0) is 10.0 Å². The van der Waals surface area contributed by atoms with Crippen LogP contribution in [0.25, 0.3) is 0 Å². The van der Waals surface area contributed by atoms with E-state index in [0.29, 0.717) is 0 Å². The topological polar surface area (TPSA) is 77.8 Å². The van der Waals surface area contributed by atoms with Crippen LogP contribution >= 0.6 is 0 Å². The van der Waals surface area contributed by atoms with E-state index in [0.717, 1.165) is 25.0 Å². The van der Waals surface area contributed by atoms with Gasteiger partial charge in [-0.25, -0.2) is 12.8 Å². The van der Waals surface area contributed by atoms with E-state index < -0.39 is 22.4 Å². The fourth-order valence-corrected chi connectivity index (χ4v) is 3.85. The molecule has 0 aromatic heterocycles. The number of benzene rings is 1. The van der Waals surface area contributed by atoms with Gasteiger partial charge in [0.05, 0.1) is 11.5 Å². The molecule has 21 heavy (non-hydrogen) atoms. The first-order valence-electron chi connectivity index (χ1n) is 6.52. The van der Waals surface area contributed by atoms with Crippen molar-refractivity contribution < 1.29 is 23.0 Å². The summed E-state index contributed by atoms with van der Waals surface area (Å²) in [5.41, 5.74) is 0.00707. The molecule has 0 atom stereocenters. The molecule has 0 spiro atoms. The van der Waals surface area contributed by atoms with Gasteiger partial charge in [-0.1, -0.05) is 11.8 Å². The summed E-state index contributed by atoms with van der Waals surface area (Å²) in [6, 6.07) is 3.13. The second-order valence-electron chi connectivity index (χ2n) is 4.67. The zero-order valence-electron chi connectivity index (χ0n) is 11.3. The van der Waals surface area contributed by atoms with Gasteiger partial charge in [-0.2, -0.15) is 4.31 Å². The molecule has 0 amide bonds. The van der Waals surface area contributed by atoms with Gasteiger partial charge in [-0.15, -0.1) is 0 Å². The fourth-order valence-electron chi connectivity index (χ4n) is 2.05. The minimum atomic E-state index is -3.86. The Balaban J connectivity index is 2.47. The van der Waals surface area contributed by atoms with Crippen molar-refractivity contribution in [3.05, 3.63) is 29.6 Å². The van der Waals surface area contributed by atoms with E-state index in [-0.39, 0.29) is 29.7 Å². The van der Waals surface area contributed by atoms with Crippen molar-refractivity contribution in [1.29, 1.82) is 0 Å². The first-order valence-corrected chi connectivity index (χ1v) is 7.96. The van der Waals surface area contributed by atoms with Crippen molar-refractivity contribution in [2.24, 2.45) is 0 Å². The highest BCUT2D eigenvalue weighted by Crippen LogP contribution is 2.32. The molecule has 0 saturated heterocycles. The molecule has 0 unspecified atom stereocenters. The summed E-state index contributed by atoms with van der Waals surface area (Å²) < 4.78 is 39.9. The fraction of sp³-hybridized carbons (Fsp3) is 0.429. The lowest BCUT2D eigenvalue weighted by Crippen LogP contribution is -2.35. The third kappa shape index (κ3) is 3.60. The van der Waals surface area contributed by atoms with Crippen LogP contribution in [0.15, 0.2) is 23.1 Å². The largest absolute Gasteiger partial charge is 0.395 e. The maximum absolute atomic E-state index is 13.3. The molecule has 1 aliphatic rings. The van der Waals surface area contributed by atoms with Crippen molar-refractivity contribution in [2.75, 3.05) is 19.8 Å². The van der Waals surface area contributed by atoms with Crippen molar-refractivity contribution in [2.45, 2.75) is 23.8 Å². The third-order valence-electron chi connectivity index (χ3n) is 3.10. The highest BCUT2D eigenvalue weighted by Gasteiger charge is 2.38. The Morgan fingerprint density at radius 3 is 2.62 bits per heavy atom. The van der Waals surface area contributed by atoms with Gasteiger partial charge in [0.25, 0.3) is 0 Å². The zero-order chi connectivity index (χ0) is 15.5. The number of aliphatic hydroxyl groups is 2. The molecule has 114 valence electrons. The number of halogens is 1. The average Bonchev–Trinajstić information content (AvgIpc) is 3.26. The van der Waals surface area contributed by atoms with Gasteiger partial charge in [0.2, 0.25) is 10.0 Å². The first-order chi connectivity index (χ1) is 10.0. The van der Waals surface area contributed by atoms with Gasteiger partial charge in [-0.3, -0.25) is 0 Å². The molecule has 5 nitrogen and oxygen atoms in total. The van der Waals surface area contributed by atoms with Crippen LogP contribution in [-0.4, -0.2) is 48.7 Å². The molecule has 0 aliphatic heterocycles. The summed E-state index contributed by atoms with van der Waals surface area (Å²) in [5, 5.41) is 17.8. The summed E-state index contributed by atoms with van der Waals surface area (Å²) >= 11 is 0. The minimum absolute atomic E-state index is 0.00273. The van der Waals surface area contributed by atoms with Gasteiger partial charge in [0.1, 0.15) is 12.4 Å². The Hall–Kier alpha value is -1.46. The molecular formula is C14H16FNO4S. The summed E-state index contributed by atoms with van der Waals surface area (Å²) in [7, 11) is -3.86. The minimum Gasteiger partial charge on any atom is -0.395 e. The molecular weight excluding hydrogens is 297 g/mol. The van der Waals surface area contributed by atoms with Gasteiger partial charge in [-0.05, 0) is 31.0 Å². The molecule has 1 aliphatic carbocycles. The molecule has 0 radical (unpaired) electrons. The highest BCUT2D eigenvalue weighted by atomic mass is 32.2. The van der Waals surface area contributed by atoms with Crippen molar-refractivity contribution in [1.82, 2.24) is 4.31 Å². The Morgan fingerprint density at radius 1 is 1.33 bits per heavy atom. The van der Waals surface area contributed by atoms with E-state index in [9.17, 15) is 12.8 Å². The number of nitrogens with zero attached hydrogens (tertiary/aromatic N) is 1. The van der Waals surface area contributed by atoms with Crippen LogP contribution in [0.3, 0.4) is 0 Å². The normalized spacial score (nSPS) is 14.9. The smallest absolute Gasteiger partial charge is 0.244 e. The summed E-state index contributed by atoms with van der Waals surface area (Å²) in [5.74, 6) is 4.18. The summed E-state index contributed by atoms with van der Waals surface area (Å²) in [6.45, 7) is -0.731. The molecule has 0 heterocycles. The van der Waals surface area contributed by atoms with E-state index in [1.165, 1.54) is 10.4 Å². The van der Waals surface area contributed by atoms with E-state index >= 15 is 0 Å². The molecule has 2 rings (SSSR count). The Kier molecular flexibility index (Phi) is 4.96. The number of sulfonamides is 1. The molecule has 2 N–H and O–H groups in total. The summed E-state index contributed by atoms with van der Waals surface area (Å²) in [6.07, 6.45) is 1.50. The maximum atomic E-state index is 13.3. The predicted octanol–water partition coefficient (Wildman–Crippen LogP) is 0.315. The number of aliphatic hydroxyl groups excluding tert-OH is 2. The van der Waals surface area contributed by atoms with Crippen LogP contribution in [0, 0.1) is 17.7 Å². The second kappa shape index (κ2) is 6.54. The molecule has 7 heteroatoms. The van der Waals surface area contributed by atoms with Crippen LogP contribution < -0.4 is 0 Å². The van der Waals surface area contributed by atoms with Crippen LogP contribution in [0.4, 0.5) is 4.39 Å². The standard InChI is InChI=1S/C14H16FNO4S/c15-12-3-6-14(11(10-12)2-1-8-17)21(19,20)16(7-9-18)13-4-5-13/h3,6,10,13,17-18H,4-5,7-9H2. The van der Waals surface area contributed by atoms with E-state index in [2.05, 4.69) is 11.8 Å². The molecule has 1 fully saturated rings. The number of hydrogen-bond donors (Lipinski definition) is 2. The summed E-state index contributed by atoms with van der Waals surface area (Å²) in [4.78, 5) is -0.106. The Bertz CT molecular complexity index is 674.